The molecule has 0 unspecified atom stereocenters. The number of nitrogens with one attached hydrogen (secondary N) is 1. The zero-order valence-electron chi connectivity index (χ0n) is 9.77. The van der Waals surface area contributed by atoms with E-state index in [0.717, 1.165) is 5.56 Å². The second kappa shape index (κ2) is 4.29. The van der Waals surface area contributed by atoms with Crippen molar-refractivity contribution in [3.05, 3.63) is 41.6 Å². The van der Waals surface area contributed by atoms with Crippen molar-refractivity contribution in [2.24, 2.45) is 7.05 Å². The topological polar surface area (TPSA) is 72.9 Å². The van der Waals surface area contributed by atoms with Gasteiger partial charge in [0.1, 0.15) is 5.82 Å². The van der Waals surface area contributed by atoms with Crippen molar-refractivity contribution in [3.8, 4) is 0 Å². The lowest BCUT2D eigenvalue weighted by molar-refractivity contribution is 0.102. The fourth-order valence-corrected chi connectivity index (χ4v) is 1.55. The van der Waals surface area contributed by atoms with Crippen molar-refractivity contribution in [2.75, 3.05) is 11.1 Å². The Bertz CT molecular complexity index is 559. The van der Waals surface area contributed by atoms with E-state index >= 15 is 0 Å². The second-order valence-corrected chi connectivity index (χ2v) is 3.88. The summed E-state index contributed by atoms with van der Waals surface area (Å²) in [6, 6.07) is 7.09. The molecule has 0 atom stereocenters. The molecule has 17 heavy (non-hydrogen) atoms. The highest BCUT2D eigenvalue weighted by molar-refractivity contribution is 6.07. The highest BCUT2D eigenvalue weighted by Crippen LogP contribution is 2.15. The van der Waals surface area contributed by atoms with E-state index in [1.807, 2.05) is 13.0 Å². The van der Waals surface area contributed by atoms with Crippen LogP contribution < -0.4 is 11.1 Å². The second-order valence-electron chi connectivity index (χ2n) is 3.88. The number of nitrogen functional groups attached to an aromatic ring is 1. The monoisotopic (exact) mass is 230 g/mol. The number of hydrogen-bond acceptors (Lipinski definition) is 3. The molecule has 88 valence electrons. The van der Waals surface area contributed by atoms with E-state index in [2.05, 4.69) is 10.4 Å². The molecule has 1 heterocycles. The number of carbonyl (C=O) groups excluding carboxylic acids is 1. The van der Waals surface area contributed by atoms with Crippen molar-refractivity contribution >= 4 is 17.4 Å². The first-order valence-electron chi connectivity index (χ1n) is 5.23. The first-order chi connectivity index (χ1) is 8.08. The SMILES string of the molecule is Cc1ccc(N)c(C(=O)Nc2ccnn2C)c1. The van der Waals surface area contributed by atoms with E-state index in [0.29, 0.717) is 17.1 Å². The summed E-state index contributed by atoms with van der Waals surface area (Å²) in [5, 5.41) is 6.73. The zero-order chi connectivity index (χ0) is 12.4. The first-order valence-corrected chi connectivity index (χ1v) is 5.23. The Morgan fingerprint density at radius 2 is 2.18 bits per heavy atom. The minimum atomic E-state index is -0.227. The lowest BCUT2D eigenvalue weighted by Gasteiger charge is -2.08. The minimum absolute atomic E-state index is 0.227. The van der Waals surface area contributed by atoms with E-state index in [-0.39, 0.29) is 5.91 Å². The van der Waals surface area contributed by atoms with Gasteiger partial charge < -0.3 is 11.1 Å². The van der Waals surface area contributed by atoms with Gasteiger partial charge in [0.05, 0.1) is 11.8 Å². The molecule has 0 aliphatic heterocycles. The van der Waals surface area contributed by atoms with Crippen LogP contribution in [0.15, 0.2) is 30.5 Å². The van der Waals surface area contributed by atoms with Crippen LogP contribution in [0.2, 0.25) is 0 Å². The molecule has 2 aromatic rings. The Labute approximate surface area is 99.2 Å². The lowest BCUT2D eigenvalue weighted by atomic mass is 10.1. The third-order valence-corrected chi connectivity index (χ3v) is 2.52. The van der Waals surface area contributed by atoms with Gasteiger partial charge in [-0.3, -0.25) is 9.48 Å². The van der Waals surface area contributed by atoms with Crippen LogP contribution in [0, 0.1) is 6.92 Å². The smallest absolute Gasteiger partial charge is 0.258 e. The number of carbonyl (C=O) groups is 1. The summed E-state index contributed by atoms with van der Waals surface area (Å²) in [6.45, 7) is 1.92. The van der Waals surface area contributed by atoms with Crippen LogP contribution in [0.5, 0.6) is 0 Å². The van der Waals surface area contributed by atoms with Gasteiger partial charge in [0.2, 0.25) is 0 Å². The van der Waals surface area contributed by atoms with Gasteiger partial charge >= 0.3 is 0 Å². The number of hydrogen-bond donors (Lipinski definition) is 2. The van der Waals surface area contributed by atoms with E-state index < -0.39 is 0 Å². The van der Waals surface area contributed by atoms with Gasteiger partial charge in [0.25, 0.3) is 5.91 Å². The summed E-state index contributed by atoms with van der Waals surface area (Å²) in [5.74, 6) is 0.408. The lowest BCUT2D eigenvalue weighted by Crippen LogP contribution is -2.16. The predicted octanol–water partition coefficient (Wildman–Crippen LogP) is 1.56. The Kier molecular flexibility index (Phi) is 2.82. The van der Waals surface area contributed by atoms with Gasteiger partial charge in [-0.2, -0.15) is 5.10 Å². The van der Waals surface area contributed by atoms with Crippen LogP contribution in [0.4, 0.5) is 11.5 Å². The largest absolute Gasteiger partial charge is 0.398 e. The first kappa shape index (κ1) is 11.2. The van der Waals surface area contributed by atoms with Crippen LogP contribution in [0.25, 0.3) is 0 Å². The molecular weight excluding hydrogens is 216 g/mol. The van der Waals surface area contributed by atoms with E-state index in [1.165, 1.54) is 0 Å². The quantitative estimate of drug-likeness (QED) is 0.769. The minimum Gasteiger partial charge on any atom is -0.398 e. The highest BCUT2D eigenvalue weighted by atomic mass is 16.1. The predicted molar refractivity (Wildman–Crippen MR) is 66.8 cm³/mol. The summed E-state index contributed by atoms with van der Waals surface area (Å²) < 4.78 is 1.59. The number of anilines is 2. The van der Waals surface area contributed by atoms with Crippen molar-refractivity contribution in [2.45, 2.75) is 6.92 Å². The van der Waals surface area contributed by atoms with Crippen molar-refractivity contribution in [3.63, 3.8) is 0 Å². The normalized spacial score (nSPS) is 10.2. The summed E-state index contributed by atoms with van der Waals surface area (Å²) in [5.41, 5.74) is 7.71. The molecule has 5 nitrogen and oxygen atoms in total. The Balaban J connectivity index is 2.26. The molecule has 0 spiro atoms. The molecular formula is C12H14N4O. The molecule has 2 rings (SSSR count). The van der Waals surface area contributed by atoms with Crippen LogP contribution in [-0.2, 0) is 7.05 Å². The van der Waals surface area contributed by atoms with Crippen LogP contribution in [0.3, 0.4) is 0 Å². The van der Waals surface area contributed by atoms with E-state index in [1.54, 1.807) is 36.1 Å². The number of aryl methyl sites for hydroxylation is 2. The summed E-state index contributed by atoms with van der Waals surface area (Å²) in [6.07, 6.45) is 1.62. The molecule has 3 N–H and O–H groups in total. The molecule has 0 bridgehead atoms. The number of nitrogens with zero attached hydrogens (tertiary/aromatic N) is 2. The number of aromatic nitrogens is 2. The van der Waals surface area contributed by atoms with Gasteiger partial charge in [-0.1, -0.05) is 11.6 Å². The van der Waals surface area contributed by atoms with Gasteiger partial charge in [0.15, 0.2) is 0 Å². The van der Waals surface area contributed by atoms with Gasteiger partial charge in [-0.15, -0.1) is 0 Å². The summed E-state index contributed by atoms with van der Waals surface area (Å²) in [4.78, 5) is 12.0. The Hall–Kier alpha value is -2.30. The van der Waals surface area contributed by atoms with Crippen LogP contribution >= 0.6 is 0 Å². The van der Waals surface area contributed by atoms with Crippen molar-refractivity contribution in [1.82, 2.24) is 9.78 Å². The number of benzene rings is 1. The molecule has 0 aliphatic rings. The molecule has 0 fully saturated rings. The Morgan fingerprint density at radius 3 is 2.82 bits per heavy atom. The summed E-state index contributed by atoms with van der Waals surface area (Å²) in [7, 11) is 1.76. The molecule has 0 aliphatic carbocycles. The third kappa shape index (κ3) is 2.28. The van der Waals surface area contributed by atoms with Gasteiger partial charge in [0, 0.05) is 18.8 Å². The molecule has 0 radical (unpaired) electrons. The molecule has 1 aromatic heterocycles. The fourth-order valence-electron chi connectivity index (χ4n) is 1.55. The zero-order valence-corrected chi connectivity index (χ0v) is 9.77. The molecule has 0 saturated heterocycles. The van der Waals surface area contributed by atoms with Crippen molar-refractivity contribution < 1.29 is 4.79 Å². The van der Waals surface area contributed by atoms with Gasteiger partial charge in [-0.25, -0.2) is 0 Å². The number of nitrogens with two attached hydrogens (primary N) is 1. The number of rotatable bonds is 2. The number of amides is 1. The van der Waals surface area contributed by atoms with Crippen molar-refractivity contribution in [1.29, 1.82) is 0 Å². The maximum absolute atomic E-state index is 12.0. The fraction of sp³-hybridized carbons (Fsp3) is 0.167. The van der Waals surface area contributed by atoms with Crippen LogP contribution in [-0.4, -0.2) is 15.7 Å². The average molecular weight is 230 g/mol. The maximum Gasteiger partial charge on any atom is 0.258 e. The maximum atomic E-state index is 12.0. The summed E-state index contributed by atoms with van der Waals surface area (Å²) >= 11 is 0. The van der Waals surface area contributed by atoms with E-state index in [9.17, 15) is 4.79 Å². The molecule has 1 aromatic carbocycles. The third-order valence-electron chi connectivity index (χ3n) is 2.52. The van der Waals surface area contributed by atoms with E-state index in [4.69, 9.17) is 5.73 Å². The Morgan fingerprint density at radius 1 is 1.41 bits per heavy atom. The molecule has 0 saturated carbocycles. The van der Waals surface area contributed by atoms with Gasteiger partial charge in [-0.05, 0) is 19.1 Å². The highest BCUT2D eigenvalue weighted by Gasteiger charge is 2.11. The molecule has 5 heteroatoms. The average Bonchev–Trinajstić information content (AvgIpc) is 2.68. The standard InChI is InChI=1S/C12H14N4O/c1-8-3-4-10(13)9(7-8)12(17)15-11-5-6-14-16(11)2/h3-7H,13H2,1-2H3,(H,15,17). The van der Waals surface area contributed by atoms with Crippen LogP contribution in [0.1, 0.15) is 15.9 Å². The molecule has 1 amide bonds.